The number of fused-ring (bicyclic) bond motifs is 9. The van der Waals surface area contributed by atoms with Gasteiger partial charge in [-0.2, -0.15) is 0 Å². The van der Waals surface area contributed by atoms with Crippen LogP contribution in [0.4, 0.5) is 0 Å². The number of hydrogen-bond acceptors (Lipinski definition) is 0. The molecule has 0 bridgehead atoms. The Hall–Kier alpha value is -8.96. The van der Waals surface area contributed by atoms with Crippen molar-refractivity contribution < 1.29 is 0 Å². The maximum absolute atomic E-state index is 2.96. The quantitative estimate of drug-likeness (QED) is 0.107. The number of aromatic nitrogens is 3. The third-order valence-corrected chi connectivity index (χ3v) is 19.6. The van der Waals surface area contributed by atoms with Gasteiger partial charge in [0.15, 0.2) is 8.07 Å². The molecule has 3 heterocycles. The third-order valence-electron chi connectivity index (χ3n) is 14.8. The Bertz CT molecular complexity index is 4130. The van der Waals surface area contributed by atoms with Gasteiger partial charge >= 0.3 is 0 Å². The van der Waals surface area contributed by atoms with E-state index in [0.29, 0.717) is 0 Å². The number of benzene rings is 11. The van der Waals surface area contributed by atoms with Crippen LogP contribution in [0.5, 0.6) is 0 Å². The molecule has 11 aromatic carbocycles. The molecule has 328 valence electrons. The minimum atomic E-state index is -2.96. The van der Waals surface area contributed by atoms with E-state index in [2.05, 4.69) is 287 Å². The summed E-state index contributed by atoms with van der Waals surface area (Å²) < 4.78 is 7.61. The van der Waals surface area contributed by atoms with E-state index in [9.17, 15) is 0 Å². The summed E-state index contributed by atoms with van der Waals surface area (Å²) in [6, 6.07) is 101. The van der Waals surface area contributed by atoms with E-state index < -0.39 is 8.07 Å². The molecule has 70 heavy (non-hydrogen) atoms. The second-order valence-corrected chi connectivity index (χ2v) is 22.1. The lowest BCUT2D eigenvalue weighted by molar-refractivity contribution is 1.11. The Balaban J connectivity index is 1.14. The van der Waals surface area contributed by atoms with Crippen LogP contribution >= 0.6 is 0 Å². The van der Waals surface area contributed by atoms with Gasteiger partial charge in [-0.3, -0.25) is 0 Å². The molecule has 0 amide bonds. The number of para-hydroxylation sites is 5. The molecular weight excluding hydrogens is 863 g/mol. The maximum Gasteiger partial charge on any atom is 0.180 e. The fourth-order valence-corrected chi connectivity index (χ4v) is 17.0. The fraction of sp³-hybridized carbons (Fsp3) is 0. The first-order valence-corrected chi connectivity index (χ1v) is 26.2. The zero-order chi connectivity index (χ0) is 46.2. The highest BCUT2D eigenvalue weighted by Crippen LogP contribution is 2.43. The average Bonchev–Trinajstić information content (AvgIpc) is 4.09. The smallest absolute Gasteiger partial charge is 0.180 e. The molecule has 0 fully saturated rings. The van der Waals surface area contributed by atoms with E-state index in [0.717, 1.165) is 28.1 Å². The van der Waals surface area contributed by atoms with E-state index in [1.807, 2.05) is 0 Å². The maximum atomic E-state index is 2.56. The molecule has 0 aliphatic rings. The monoisotopic (exact) mass is 907 g/mol. The van der Waals surface area contributed by atoms with Crippen molar-refractivity contribution in [1.29, 1.82) is 0 Å². The van der Waals surface area contributed by atoms with E-state index >= 15 is 0 Å². The highest BCUT2D eigenvalue weighted by molar-refractivity contribution is 7.20. The van der Waals surface area contributed by atoms with E-state index in [1.165, 1.54) is 86.3 Å². The number of hydrogen-bond donors (Lipinski definition) is 0. The van der Waals surface area contributed by atoms with E-state index in [4.69, 9.17) is 0 Å². The van der Waals surface area contributed by atoms with Gasteiger partial charge in [-0.05, 0) is 80.4 Å². The minimum Gasteiger partial charge on any atom is -0.307 e. The third kappa shape index (κ3) is 5.87. The highest BCUT2D eigenvalue weighted by Gasteiger charge is 2.43. The summed E-state index contributed by atoms with van der Waals surface area (Å²) >= 11 is 0. The van der Waals surface area contributed by atoms with Crippen LogP contribution in [0.15, 0.2) is 273 Å². The molecule has 0 radical (unpaired) electrons. The van der Waals surface area contributed by atoms with Crippen LogP contribution in [0, 0.1) is 0 Å². The lowest BCUT2D eigenvalue weighted by Crippen LogP contribution is -2.74. The standard InChI is InChI=1S/C66H45N3Si/c1-5-23-46(24-6-1)47-25-19-26-48(45-47)67-65-54(36-20-42-61(65)68-57-38-16-13-33-52(57)53-34-14-17-39-58(53)68)55-37-21-43-62(66(55)67)69-59-40-18-15-35-56(59)64-60(69)41-22-44-63(64)70(49-27-7-2-8-28-49,50-29-9-3-10-30-50)51-31-11-4-12-32-51/h1-45H. The molecule has 0 unspecified atom stereocenters. The zero-order valence-electron chi connectivity index (χ0n) is 38.3. The molecule has 0 saturated carbocycles. The molecule has 14 rings (SSSR count). The predicted octanol–water partition coefficient (Wildman–Crippen LogP) is 14.0. The summed E-state index contributed by atoms with van der Waals surface area (Å²) in [5.74, 6) is 0. The number of nitrogens with zero attached hydrogens (tertiary/aromatic N) is 3. The summed E-state index contributed by atoms with van der Waals surface area (Å²) in [7, 11) is -2.96. The molecule has 0 spiro atoms. The van der Waals surface area contributed by atoms with Crippen LogP contribution in [0.25, 0.3) is 93.6 Å². The van der Waals surface area contributed by atoms with Crippen molar-refractivity contribution in [2.45, 2.75) is 0 Å². The Kier molecular flexibility index (Phi) is 9.23. The molecule has 0 atom stereocenters. The van der Waals surface area contributed by atoms with Crippen LogP contribution < -0.4 is 20.7 Å². The Morgan fingerprint density at radius 3 is 1.19 bits per heavy atom. The topological polar surface area (TPSA) is 14.8 Å². The van der Waals surface area contributed by atoms with Crippen molar-refractivity contribution >= 4 is 94.2 Å². The number of rotatable bonds is 8. The van der Waals surface area contributed by atoms with Crippen molar-refractivity contribution in [3.05, 3.63) is 273 Å². The van der Waals surface area contributed by atoms with Crippen LogP contribution in [0.1, 0.15) is 0 Å². The van der Waals surface area contributed by atoms with Crippen molar-refractivity contribution in [2.75, 3.05) is 0 Å². The van der Waals surface area contributed by atoms with E-state index in [1.54, 1.807) is 0 Å². The van der Waals surface area contributed by atoms with Crippen molar-refractivity contribution in [1.82, 2.24) is 13.7 Å². The Labute approximate surface area is 407 Å². The first-order valence-electron chi connectivity index (χ1n) is 24.2. The molecular formula is C66H45N3Si. The van der Waals surface area contributed by atoms with Gasteiger partial charge in [0.2, 0.25) is 0 Å². The van der Waals surface area contributed by atoms with Gasteiger partial charge in [-0.25, -0.2) is 0 Å². The van der Waals surface area contributed by atoms with Gasteiger partial charge in [-0.15, -0.1) is 0 Å². The molecule has 0 aliphatic heterocycles. The molecule has 0 N–H and O–H groups in total. The SMILES string of the molecule is c1ccc(-c2cccc(-n3c4c(-n5c6ccccc6c6ccccc65)cccc4c4cccc(-n5c6ccccc6c6c([Si](c7ccccc7)(c7ccccc7)c7ccccc7)cccc65)c43)c2)cc1. The molecule has 3 aromatic heterocycles. The van der Waals surface area contributed by atoms with Crippen molar-refractivity contribution in [3.8, 4) is 28.2 Å². The van der Waals surface area contributed by atoms with Crippen molar-refractivity contribution in [2.24, 2.45) is 0 Å². The summed E-state index contributed by atoms with van der Waals surface area (Å²) in [6.07, 6.45) is 0. The molecule has 0 saturated heterocycles. The highest BCUT2D eigenvalue weighted by atomic mass is 28.3. The molecule has 4 heteroatoms. The Morgan fingerprint density at radius 2 is 0.643 bits per heavy atom. The van der Waals surface area contributed by atoms with Crippen LogP contribution in [-0.2, 0) is 0 Å². The van der Waals surface area contributed by atoms with Crippen LogP contribution in [0.2, 0.25) is 0 Å². The first kappa shape index (κ1) is 40.1. The van der Waals surface area contributed by atoms with Gasteiger partial charge in [0.1, 0.15) is 0 Å². The Morgan fingerprint density at radius 1 is 0.257 bits per heavy atom. The molecule has 3 nitrogen and oxygen atoms in total. The van der Waals surface area contributed by atoms with Crippen molar-refractivity contribution in [3.63, 3.8) is 0 Å². The molecule has 0 aliphatic carbocycles. The molecule has 14 aromatic rings. The first-order chi connectivity index (χ1) is 34.8. The van der Waals surface area contributed by atoms with Gasteiger partial charge in [0, 0.05) is 38.0 Å². The second-order valence-electron chi connectivity index (χ2n) is 18.4. The summed E-state index contributed by atoms with van der Waals surface area (Å²) in [5, 5.41) is 12.9. The van der Waals surface area contributed by atoms with Gasteiger partial charge < -0.3 is 13.7 Å². The fourth-order valence-electron chi connectivity index (χ4n) is 12.0. The van der Waals surface area contributed by atoms with Gasteiger partial charge in [-0.1, -0.05) is 224 Å². The van der Waals surface area contributed by atoms with Crippen LogP contribution in [-0.4, -0.2) is 21.8 Å². The second kappa shape index (κ2) is 16.1. The largest absolute Gasteiger partial charge is 0.307 e. The summed E-state index contributed by atoms with van der Waals surface area (Å²) in [4.78, 5) is 0. The summed E-state index contributed by atoms with van der Waals surface area (Å²) in [6.45, 7) is 0. The average molecular weight is 908 g/mol. The normalized spacial score (nSPS) is 12.0. The zero-order valence-corrected chi connectivity index (χ0v) is 39.3. The van der Waals surface area contributed by atoms with E-state index in [-0.39, 0.29) is 0 Å². The predicted molar refractivity (Wildman–Crippen MR) is 299 cm³/mol. The minimum absolute atomic E-state index is 1.10. The lowest BCUT2D eigenvalue weighted by Gasteiger charge is -2.35. The lowest BCUT2D eigenvalue weighted by atomic mass is 10.1. The van der Waals surface area contributed by atoms with Gasteiger partial charge in [0.05, 0.1) is 44.5 Å². The summed E-state index contributed by atoms with van der Waals surface area (Å²) in [5.41, 5.74) is 12.8. The van der Waals surface area contributed by atoms with Crippen LogP contribution in [0.3, 0.4) is 0 Å². The van der Waals surface area contributed by atoms with Gasteiger partial charge in [0.25, 0.3) is 0 Å².